The molecular formula is C32H30F2N4O7. The highest BCUT2D eigenvalue weighted by atomic mass is 19.3. The Bertz CT molecular complexity index is 1750. The van der Waals surface area contributed by atoms with Crippen LogP contribution in [-0.2, 0) is 14.3 Å². The van der Waals surface area contributed by atoms with Gasteiger partial charge in [-0.3, -0.25) is 9.59 Å². The Hall–Kier alpha value is -5.20. The number of nitrogens with one attached hydrogen (secondary N) is 2. The first-order chi connectivity index (χ1) is 21.6. The number of esters is 1. The van der Waals surface area contributed by atoms with Crippen LogP contribution in [0.4, 0.5) is 8.78 Å². The molecule has 0 spiro atoms. The molecule has 6 rings (SSSR count). The molecular weight excluding hydrogens is 590 g/mol. The Labute approximate surface area is 256 Å². The number of carbonyl (C=O) groups is 3. The summed E-state index contributed by atoms with van der Waals surface area (Å²) >= 11 is 0. The Morgan fingerprint density at radius 2 is 1.87 bits per heavy atom. The van der Waals surface area contributed by atoms with E-state index in [-0.39, 0.29) is 13.2 Å². The first kappa shape index (κ1) is 29.9. The van der Waals surface area contributed by atoms with Crippen molar-refractivity contribution in [2.45, 2.75) is 50.5 Å². The fraction of sp³-hybridized carbons (Fsp3) is 0.312. The third-order valence-corrected chi connectivity index (χ3v) is 7.55. The van der Waals surface area contributed by atoms with E-state index in [2.05, 4.69) is 15.7 Å². The molecule has 3 heterocycles. The molecule has 2 aliphatic heterocycles. The van der Waals surface area contributed by atoms with Gasteiger partial charge in [-0.1, -0.05) is 18.2 Å². The molecule has 4 atom stereocenters. The molecule has 234 valence electrons. The number of amides is 2. The quantitative estimate of drug-likeness (QED) is 0.270. The molecule has 2 amide bonds. The van der Waals surface area contributed by atoms with Crippen molar-refractivity contribution < 1.29 is 42.1 Å². The van der Waals surface area contributed by atoms with Gasteiger partial charge in [-0.05, 0) is 55.5 Å². The van der Waals surface area contributed by atoms with E-state index in [1.54, 1.807) is 84.5 Å². The smallest absolute Gasteiger partial charge is 0.328 e. The van der Waals surface area contributed by atoms with Gasteiger partial charge in [0.05, 0.1) is 30.0 Å². The maximum atomic E-state index is 13.7. The van der Waals surface area contributed by atoms with Crippen LogP contribution < -0.4 is 24.8 Å². The number of halogens is 2. The average Bonchev–Trinajstić information content (AvgIpc) is 3.64. The molecule has 1 fully saturated rings. The van der Waals surface area contributed by atoms with Gasteiger partial charge in [0.2, 0.25) is 0 Å². The van der Waals surface area contributed by atoms with E-state index in [9.17, 15) is 23.2 Å². The summed E-state index contributed by atoms with van der Waals surface area (Å²) in [5, 5.41) is 10.2. The minimum Gasteiger partial charge on any atom is -0.486 e. The molecule has 4 aromatic rings. The van der Waals surface area contributed by atoms with Crippen LogP contribution in [0.3, 0.4) is 0 Å². The minimum atomic E-state index is -3.58. The highest BCUT2D eigenvalue weighted by Crippen LogP contribution is 2.33. The summed E-state index contributed by atoms with van der Waals surface area (Å²) in [4.78, 5) is 36.7. The van der Waals surface area contributed by atoms with Gasteiger partial charge in [0.25, 0.3) is 11.8 Å². The predicted molar refractivity (Wildman–Crippen MR) is 157 cm³/mol. The van der Waals surface area contributed by atoms with Crippen molar-refractivity contribution in [3.63, 3.8) is 0 Å². The number of benzene rings is 3. The fourth-order valence-corrected chi connectivity index (χ4v) is 5.21. The molecule has 13 heteroatoms. The van der Waals surface area contributed by atoms with E-state index < -0.39 is 48.0 Å². The lowest BCUT2D eigenvalue weighted by Crippen LogP contribution is -2.56. The highest BCUT2D eigenvalue weighted by molar-refractivity contribution is 5.97. The molecule has 1 saturated heterocycles. The summed E-state index contributed by atoms with van der Waals surface area (Å²) in [7, 11) is 0. The number of hydrogen-bond acceptors (Lipinski definition) is 8. The Balaban J connectivity index is 1.23. The Morgan fingerprint density at radius 3 is 2.62 bits per heavy atom. The lowest BCUT2D eigenvalue weighted by molar-refractivity contribution is -0.145. The van der Waals surface area contributed by atoms with Crippen molar-refractivity contribution in [2.75, 3.05) is 13.2 Å². The van der Waals surface area contributed by atoms with Crippen molar-refractivity contribution in [2.24, 2.45) is 0 Å². The van der Waals surface area contributed by atoms with E-state index in [0.717, 1.165) is 0 Å². The number of nitrogens with zero attached hydrogens (tertiary/aromatic N) is 2. The third-order valence-electron chi connectivity index (χ3n) is 7.55. The molecule has 0 aliphatic carbocycles. The van der Waals surface area contributed by atoms with Crippen LogP contribution in [-0.4, -0.2) is 71.0 Å². The second-order valence-electron chi connectivity index (χ2n) is 11.0. The van der Waals surface area contributed by atoms with Crippen LogP contribution in [0.15, 0.2) is 72.9 Å². The van der Waals surface area contributed by atoms with Crippen molar-refractivity contribution >= 4 is 28.7 Å². The Morgan fingerprint density at radius 1 is 1.07 bits per heavy atom. The SMILES string of the molecule is C[C@H](NC(=O)C(C)(F)F)[C@@H](Oc1ccc2c(cnn2-c2cccc(C(=O)N[C@@H]3CCOC3=O)c2)c1)C1COc2ccccc2O1. The van der Waals surface area contributed by atoms with Crippen LogP contribution >= 0.6 is 0 Å². The van der Waals surface area contributed by atoms with Gasteiger partial charge >= 0.3 is 11.9 Å². The standard InChI is InChI=1S/C32H30F2N4O7/c1-18(36-31(41)32(2,33)34)28(27-17-43-25-8-3-4-9-26(25)45-27)44-22-10-11-24-20(15-22)16-35-38(24)21-7-5-6-19(14-21)29(39)37-23-12-13-42-30(23)40/h3-11,14-16,18,23,27-28H,12-13,17H2,1-2H3,(H,36,41)(H,37,39)/t18-,23+,27?,28+/m0/s1. The number of fused-ring (bicyclic) bond motifs is 2. The molecule has 0 saturated carbocycles. The summed E-state index contributed by atoms with van der Waals surface area (Å²) < 4.78 is 52.3. The predicted octanol–water partition coefficient (Wildman–Crippen LogP) is 3.82. The van der Waals surface area contributed by atoms with Crippen molar-refractivity contribution in [3.8, 4) is 22.9 Å². The Kier molecular flexibility index (Phi) is 8.00. The van der Waals surface area contributed by atoms with Crippen LogP contribution in [0.5, 0.6) is 17.2 Å². The van der Waals surface area contributed by atoms with E-state index in [4.69, 9.17) is 18.9 Å². The fourth-order valence-electron chi connectivity index (χ4n) is 5.21. The normalized spacial score (nSPS) is 19.0. The van der Waals surface area contributed by atoms with Crippen molar-refractivity contribution in [1.29, 1.82) is 0 Å². The number of carbonyl (C=O) groups excluding carboxylic acids is 3. The lowest BCUT2D eigenvalue weighted by atomic mass is 10.1. The molecule has 2 aliphatic rings. The zero-order valence-corrected chi connectivity index (χ0v) is 24.4. The van der Waals surface area contributed by atoms with Gasteiger partial charge in [-0.15, -0.1) is 0 Å². The first-order valence-electron chi connectivity index (χ1n) is 14.4. The number of ether oxygens (including phenoxy) is 4. The van der Waals surface area contributed by atoms with Crippen molar-refractivity contribution in [1.82, 2.24) is 20.4 Å². The summed E-state index contributed by atoms with van der Waals surface area (Å²) in [6.45, 7) is 2.43. The van der Waals surface area contributed by atoms with Crippen LogP contribution in [0, 0.1) is 0 Å². The van der Waals surface area contributed by atoms with Crippen molar-refractivity contribution in [3.05, 3.63) is 78.5 Å². The van der Waals surface area contributed by atoms with E-state index >= 15 is 0 Å². The highest BCUT2D eigenvalue weighted by Gasteiger charge is 2.39. The number of hydrogen-bond donors (Lipinski definition) is 2. The van der Waals surface area contributed by atoms with Crippen LogP contribution in [0.1, 0.15) is 30.6 Å². The van der Waals surface area contributed by atoms with Gasteiger partial charge in [0, 0.05) is 24.3 Å². The monoisotopic (exact) mass is 620 g/mol. The van der Waals surface area contributed by atoms with Gasteiger partial charge in [0.15, 0.2) is 23.7 Å². The second-order valence-corrected chi connectivity index (χ2v) is 11.0. The summed E-state index contributed by atoms with van der Waals surface area (Å²) in [6, 6.07) is 17.5. The van der Waals surface area contributed by atoms with E-state index in [0.29, 0.717) is 52.7 Å². The summed E-state index contributed by atoms with van der Waals surface area (Å²) in [5.41, 5.74) is 1.67. The van der Waals surface area contributed by atoms with E-state index in [1.165, 1.54) is 0 Å². The third kappa shape index (κ3) is 6.37. The largest absolute Gasteiger partial charge is 0.486 e. The number of para-hydroxylation sites is 2. The number of cyclic esters (lactones) is 1. The topological polar surface area (TPSA) is 130 Å². The summed E-state index contributed by atoms with van der Waals surface area (Å²) in [6.07, 6.45) is 0.393. The first-order valence-corrected chi connectivity index (χ1v) is 14.4. The molecule has 1 unspecified atom stereocenters. The molecule has 3 aromatic carbocycles. The van der Waals surface area contributed by atoms with Gasteiger partial charge in [0.1, 0.15) is 18.4 Å². The maximum Gasteiger partial charge on any atom is 0.328 e. The lowest BCUT2D eigenvalue weighted by Gasteiger charge is -2.35. The second kappa shape index (κ2) is 12.1. The van der Waals surface area contributed by atoms with Gasteiger partial charge in [-0.25, -0.2) is 9.48 Å². The molecule has 0 bridgehead atoms. The van der Waals surface area contributed by atoms with Gasteiger partial charge in [-0.2, -0.15) is 13.9 Å². The zero-order chi connectivity index (χ0) is 31.7. The van der Waals surface area contributed by atoms with Gasteiger partial charge < -0.3 is 29.6 Å². The molecule has 11 nitrogen and oxygen atoms in total. The summed E-state index contributed by atoms with van der Waals surface area (Å²) in [5.74, 6) is -4.48. The number of alkyl halides is 2. The molecule has 1 aromatic heterocycles. The molecule has 45 heavy (non-hydrogen) atoms. The molecule has 2 N–H and O–H groups in total. The number of aromatic nitrogens is 2. The van der Waals surface area contributed by atoms with Crippen LogP contribution in [0.2, 0.25) is 0 Å². The number of rotatable bonds is 9. The zero-order valence-electron chi connectivity index (χ0n) is 24.4. The minimum absolute atomic E-state index is 0.0659. The van der Waals surface area contributed by atoms with E-state index in [1.807, 2.05) is 0 Å². The van der Waals surface area contributed by atoms with Crippen LogP contribution in [0.25, 0.3) is 16.6 Å². The maximum absolute atomic E-state index is 13.7. The molecule has 0 radical (unpaired) electrons. The average molecular weight is 621 g/mol.